The van der Waals surface area contributed by atoms with E-state index >= 15 is 0 Å². The van der Waals surface area contributed by atoms with Crippen LogP contribution in [0.3, 0.4) is 0 Å². The van der Waals surface area contributed by atoms with Crippen LogP contribution in [0.2, 0.25) is 0 Å². The summed E-state index contributed by atoms with van der Waals surface area (Å²) >= 11 is 0. The fourth-order valence-electron chi connectivity index (χ4n) is 1.94. The zero-order valence-electron chi connectivity index (χ0n) is 11.1. The third-order valence-corrected chi connectivity index (χ3v) is 3.00. The Morgan fingerprint density at radius 1 is 1.37 bits per heavy atom. The molecule has 0 saturated carbocycles. The summed E-state index contributed by atoms with van der Waals surface area (Å²) in [6, 6.07) is 5.06. The third-order valence-electron chi connectivity index (χ3n) is 3.00. The van der Waals surface area contributed by atoms with Gasteiger partial charge in [-0.1, -0.05) is 0 Å². The lowest BCUT2D eigenvalue weighted by atomic mass is 10.0. The number of ether oxygens (including phenoxy) is 3. The molecule has 1 aromatic rings. The highest BCUT2D eigenvalue weighted by molar-refractivity contribution is 5.97. The van der Waals surface area contributed by atoms with Crippen molar-refractivity contribution in [2.24, 2.45) is 5.73 Å². The van der Waals surface area contributed by atoms with Gasteiger partial charge in [-0.2, -0.15) is 0 Å². The van der Waals surface area contributed by atoms with Gasteiger partial charge in [0.1, 0.15) is 13.2 Å². The number of nitrogens with two attached hydrogens (primary N) is 1. The number of Topliss-reactive ketones (excluding diaryl/α,β-unsaturated/α-hetero) is 1. The Bertz CT molecular complexity index is 447. The molecule has 1 aliphatic heterocycles. The van der Waals surface area contributed by atoms with Crippen molar-refractivity contribution >= 4 is 5.78 Å². The predicted octanol–water partition coefficient (Wildman–Crippen LogP) is 1.39. The summed E-state index contributed by atoms with van der Waals surface area (Å²) in [5.41, 5.74) is 6.49. The second-order valence-corrected chi connectivity index (χ2v) is 4.53. The van der Waals surface area contributed by atoms with Crippen molar-refractivity contribution in [3.63, 3.8) is 0 Å². The summed E-state index contributed by atoms with van der Waals surface area (Å²) in [5.74, 6) is 1.33. The average molecular weight is 265 g/mol. The second kappa shape index (κ2) is 6.54. The summed E-state index contributed by atoms with van der Waals surface area (Å²) in [7, 11) is 1.62. The van der Waals surface area contributed by atoms with Gasteiger partial charge in [0.05, 0.1) is 0 Å². The van der Waals surface area contributed by atoms with Crippen LogP contribution in [0.15, 0.2) is 18.2 Å². The lowest BCUT2D eigenvalue weighted by Crippen LogP contribution is -2.25. The fourth-order valence-corrected chi connectivity index (χ4v) is 1.94. The SMILES string of the molecule is COCCC(N)CC(=O)c1ccc2c(c1)OCCO2. The molecule has 1 atom stereocenters. The molecular weight excluding hydrogens is 246 g/mol. The van der Waals surface area contributed by atoms with Crippen molar-refractivity contribution in [3.05, 3.63) is 23.8 Å². The van der Waals surface area contributed by atoms with E-state index in [0.717, 1.165) is 0 Å². The number of ketones is 1. The number of fused-ring (bicyclic) bond motifs is 1. The van der Waals surface area contributed by atoms with Crippen molar-refractivity contribution in [2.45, 2.75) is 18.9 Å². The Kier molecular flexibility index (Phi) is 4.76. The summed E-state index contributed by atoms with van der Waals surface area (Å²) in [6.45, 7) is 1.62. The summed E-state index contributed by atoms with van der Waals surface area (Å²) in [5, 5.41) is 0. The Morgan fingerprint density at radius 3 is 2.84 bits per heavy atom. The van der Waals surface area contributed by atoms with E-state index in [1.54, 1.807) is 25.3 Å². The van der Waals surface area contributed by atoms with E-state index in [1.165, 1.54) is 0 Å². The van der Waals surface area contributed by atoms with Crippen LogP contribution in [0.5, 0.6) is 11.5 Å². The van der Waals surface area contributed by atoms with Crippen molar-refractivity contribution in [1.82, 2.24) is 0 Å². The van der Waals surface area contributed by atoms with E-state index in [4.69, 9.17) is 19.9 Å². The average Bonchev–Trinajstić information content (AvgIpc) is 2.44. The lowest BCUT2D eigenvalue weighted by molar-refractivity contribution is 0.0965. The topological polar surface area (TPSA) is 70.8 Å². The molecule has 19 heavy (non-hydrogen) atoms. The zero-order chi connectivity index (χ0) is 13.7. The monoisotopic (exact) mass is 265 g/mol. The largest absolute Gasteiger partial charge is 0.486 e. The van der Waals surface area contributed by atoms with E-state index in [-0.39, 0.29) is 11.8 Å². The van der Waals surface area contributed by atoms with Crippen LogP contribution < -0.4 is 15.2 Å². The van der Waals surface area contributed by atoms with Gasteiger partial charge in [0.25, 0.3) is 0 Å². The minimum absolute atomic E-state index is 0.0144. The van der Waals surface area contributed by atoms with Gasteiger partial charge < -0.3 is 19.9 Å². The zero-order valence-corrected chi connectivity index (χ0v) is 11.1. The van der Waals surface area contributed by atoms with Crippen LogP contribution in [-0.2, 0) is 4.74 Å². The molecule has 1 heterocycles. The number of rotatable bonds is 6. The number of benzene rings is 1. The molecule has 5 heteroatoms. The molecular formula is C14H19NO4. The molecule has 1 aromatic carbocycles. The standard InChI is InChI=1S/C14H19NO4/c1-17-5-4-11(15)9-12(16)10-2-3-13-14(8-10)19-7-6-18-13/h2-3,8,11H,4-7,9,15H2,1H3. The normalized spacial score (nSPS) is 15.1. The highest BCUT2D eigenvalue weighted by Gasteiger charge is 2.16. The van der Waals surface area contributed by atoms with Gasteiger partial charge in [0.15, 0.2) is 17.3 Å². The van der Waals surface area contributed by atoms with Crippen LogP contribution >= 0.6 is 0 Å². The number of hydrogen-bond acceptors (Lipinski definition) is 5. The first-order valence-electron chi connectivity index (χ1n) is 6.38. The molecule has 0 aliphatic carbocycles. The summed E-state index contributed by atoms with van der Waals surface area (Å²) in [6.07, 6.45) is 0.982. The molecule has 0 spiro atoms. The maximum absolute atomic E-state index is 12.1. The van der Waals surface area contributed by atoms with Gasteiger partial charge in [-0.3, -0.25) is 4.79 Å². The fraction of sp³-hybridized carbons (Fsp3) is 0.500. The van der Waals surface area contributed by atoms with Gasteiger partial charge in [0.2, 0.25) is 0 Å². The molecule has 0 saturated heterocycles. The van der Waals surface area contributed by atoms with Crippen LogP contribution in [-0.4, -0.2) is 38.8 Å². The number of carbonyl (C=O) groups is 1. The molecule has 0 bridgehead atoms. The Balaban J connectivity index is 1.99. The maximum atomic E-state index is 12.1. The van der Waals surface area contributed by atoms with Crippen molar-refractivity contribution in [1.29, 1.82) is 0 Å². The highest BCUT2D eigenvalue weighted by atomic mass is 16.6. The van der Waals surface area contributed by atoms with Gasteiger partial charge in [-0.15, -0.1) is 0 Å². The first-order valence-corrected chi connectivity index (χ1v) is 6.38. The van der Waals surface area contributed by atoms with E-state index in [0.29, 0.717) is 49.7 Å². The molecule has 0 aromatic heterocycles. The maximum Gasteiger partial charge on any atom is 0.164 e. The van der Waals surface area contributed by atoms with Gasteiger partial charge >= 0.3 is 0 Å². The van der Waals surface area contributed by atoms with Gasteiger partial charge in [0, 0.05) is 31.7 Å². The third kappa shape index (κ3) is 3.68. The summed E-state index contributed by atoms with van der Waals surface area (Å²) in [4.78, 5) is 12.1. The molecule has 0 fully saturated rings. The van der Waals surface area contributed by atoms with Crippen molar-refractivity contribution in [3.8, 4) is 11.5 Å². The van der Waals surface area contributed by atoms with Gasteiger partial charge in [-0.25, -0.2) is 0 Å². The molecule has 0 amide bonds. The molecule has 5 nitrogen and oxygen atoms in total. The van der Waals surface area contributed by atoms with E-state index in [1.807, 2.05) is 0 Å². The predicted molar refractivity (Wildman–Crippen MR) is 70.8 cm³/mol. The smallest absolute Gasteiger partial charge is 0.164 e. The van der Waals surface area contributed by atoms with Crippen molar-refractivity contribution < 1.29 is 19.0 Å². The minimum Gasteiger partial charge on any atom is -0.486 e. The molecule has 1 aliphatic rings. The number of hydrogen-bond donors (Lipinski definition) is 1. The lowest BCUT2D eigenvalue weighted by Gasteiger charge is -2.19. The quantitative estimate of drug-likeness (QED) is 0.787. The van der Waals surface area contributed by atoms with Crippen LogP contribution in [0, 0.1) is 0 Å². The van der Waals surface area contributed by atoms with E-state index in [9.17, 15) is 4.79 Å². The molecule has 2 rings (SSSR count). The first-order chi connectivity index (χ1) is 9.20. The van der Waals surface area contributed by atoms with Gasteiger partial charge in [-0.05, 0) is 24.6 Å². The first kappa shape index (κ1) is 13.8. The minimum atomic E-state index is -0.180. The number of carbonyl (C=O) groups excluding carboxylic acids is 1. The Labute approximate surface area is 112 Å². The number of methoxy groups -OCH3 is 1. The Hall–Kier alpha value is -1.59. The Morgan fingerprint density at radius 2 is 2.11 bits per heavy atom. The second-order valence-electron chi connectivity index (χ2n) is 4.53. The van der Waals surface area contributed by atoms with E-state index < -0.39 is 0 Å². The van der Waals surface area contributed by atoms with Crippen molar-refractivity contribution in [2.75, 3.05) is 26.9 Å². The molecule has 1 unspecified atom stereocenters. The molecule has 2 N–H and O–H groups in total. The molecule has 104 valence electrons. The van der Waals surface area contributed by atoms with Crippen LogP contribution in [0.4, 0.5) is 0 Å². The van der Waals surface area contributed by atoms with E-state index in [2.05, 4.69) is 0 Å². The highest BCUT2D eigenvalue weighted by Crippen LogP contribution is 2.31. The molecule has 0 radical (unpaired) electrons. The van der Waals surface area contributed by atoms with Crippen LogP contribution in [0.25, 0.3) is 0 Å². The van der Waals surface area contributed by atoms with Crippen LogP contribution in [0.1, 0.15) is 23.2 Å². The summed E-state index contributed by atoms with van der Waals surface area (Å²) < 4.78 is 15.8.